The summed E-state index contributed by atoms with van der Waals surface area (Å²) < 4.78 is 18.9. The van der Waals surface area contributed by atoms with Gasteiger partial charge in [-0.05, 0) is 49.9 Å². The molecule has 0 unspecified atom stereocenters. The minimum absolute atomic E-state index is 0.0627. The first kappa shape index (κ1) is 15.6. The highest BCUT2D eigenvalue weighted by molar-refractivity contribution is 9.09. The predicted molar refractivity (Wildman–Crippen MR) is 88.9 cm³/mol. The van der Waals surface area contributed by atoms with Crippen molar-refractivity contribution >= 4 is 15.9 Å². The zero-order valence-electron chi connectivity index (χ0n) is 13.5. The lowest BCUT2D eigenvalue weighted by Gasteiger charge is -2.46. The van der Waals surface area contributed by atoms with Gasteiger partial charge in [0.25, 0.3) is 0 Å². The van der Waals surface area contributed by atoms with Gasteiger partial charge in [0.15, 0.2) is 6.29 Å². The number of allylic oxidation sites excluding steroid dienone is 2. The molecule has 0 amide bonds. The van der Waals surface area contributed by atoms with Crippen molar-refractivity contribution in [2.45, 2.75) is 68.5 Å². The molecule has 3 aliphatic carbocycles. The number of halogens is 1. The summed E-state index contributed by atoms with van der Waals surface area (Å²) in [5.74, 6) is 2.41. The SMILES string of the molecule is CO[C@@H]1O[C@@H]2CC/C=C\CC[C@@H]2O[C@H]2[C@H](Br)[C@@H]3C[C@H]2[C@H]1[C@H]3C. The van der Waals surface area contributed by atoms with Gasteiger partial charge in [0.2, 0.25) is 0 Å². The van der Waals surface area contributed by atoms with Crippen molar-refractivity contribution in [2.24, 2.45) is 23.7 Å². The van der Waals surface area contributed by atoms with Gasteiger partial charge >= 0.3 is 0 Å². The molecule has 0 spiro atoms. The molecule has 4 heteroatoms. The van der Waals surface area contributed by atoms with E-state index in [9.17, 15) is 0 Å². The highest BCUT2D eigenvalue weighted by Crippen LogP contribution is 2.58. The smallest absolute Gasteiger partial charge is 0.161 e. The second-order valence-corrected chi connectivity index (χ2v) is 8.55. The molecule has 1 heterocycles. The van der Waals surface area contributed by atoms with Crippen molar-refractivity contribution in [1.29, 1.82) is 0 Å². The first-order valence-corrected chi connectivity index (χ1v) is 9.75. The average Bonchev–Trinajstić information content (AvgIpc) is 2.96. The van der Waals surface area contributed by atoms with Gasteiger partial charge in [-0.1, -0.05) is 35.0 Å². The second kappa shape index (κ2) is 6.19. The predicted octanol–water partition coefficient (Wildman–Crippen LogP) is 3.91. The molecule has 0 aromatic carbocycles. The summed E-state index contributed by atoms with van der Waals surface area (Å²) in [4.78, 5) is 0.501. The van der Waals surface area contributed by atoms with Crippen LogP contribution in [-0.4, -0.2) is 36.5 Å². The van der Waals surface area contributed by atoms with Crippen LogP contribution in [0.2, 0.25) is 0 Å². The summed E-state index contributed by atoms with van der Waals surface area (Å²) in [5, 5.41) is 0. The monoisotopic (exact) mass is 370 g/mol. The Balaban J connectivity index is 1.64. The van der Waals surface area contributed by atoms with Crippen LogP contribution in [0.15, 0.2) is 12.2 Å². The summed E-state index contributed by atoms with van der Waals surface area (Å²) in [6.07, 6.45) is 10.8. The molecule has 4 aliphatic rings. The van der Waals surface area contributed by atoms with Gasteiger partial charge < -0.3 is 14.2 Å². The highest BCUT2D eigenvalue weighted by atomic mass is 79.9. The third-order valence-corrected chi connectivity index (χ3v) is 7.67. The van der Waals surface area contributed by atoms with E-state index in [4.69, 9.17) is 14.2 Å². The van der Waals surface area contributed by atoms with E-state index in [1.807, 2.05) is 7.11 Å². The van der Waals surface area contributed by atoms with E-state index in [-0.39, 0.29) is 18.5 Å². The molecule has 0 radical (unpaired) electrons. The van der Waals surface area contributed by atoms with Gasteiger partial charge in [0, 0.05) is 17.9 Å². The van der Waals surface area contributed by atoms with Crippen molar-refractivity contribution in [2.75, 3.05) is 7.11 Å². The molecule has 124 valence electrons. The topological polar surface area (TPSA) is 27.7 Å². The molecule has 0 aromatic rings. The zero-order chi connectivity index (χ0) is 15.3. The molecule has 0 aromatic heterocycles. The standard InChI is InChI=1S/C18H27BrO3/c1-10-11-9-12-15(10)18(20-2)22-14-8-6-4-3-5-7-13(14)21-17(12)16(11)19/h3-4,10-18H,5-9H2,1-2H3/b4-3-/t10-,11+,12-,13-,14+,15+,16+,17+,18+/m0/s1. The van der Waals surface area contributed by atoms with Gasteiger partial charge in [-0.15, -0.1) is 0 Å². The van der Waals surface area contributed by atoms with Crippen molar-refractivity contribution < 1.29 is 14.2 Å². The largest absolute Gasteiger partial charge is 0.371 e. The van der Waals surface area contributed by atoms with Crippen molar-refractivity contribution in [3.05, 3.63) is 12.2 Å². The highest BCUT2D eigenvalue weighted by Gasteiger charge is 2.60. The van der Waals surface area contributed by atoms with E-state index in [2.05, 4.69) is 35.0 Å². The van der Waals surface area contributed by atoms with Gasteiger partial charge in [0.1, 0.15) is 0 Å². The maximum absolute atomic E-state index is 6.65. The van der Waals surface area contributed by atoms with Crippen LogP contribution < -0.4 is 0 Å². The maximum atomic E-state index is 6.65. The fraction of sp³-hybridized carbons (Fsp3) is 0.889. The molecule has 4 rings (SSSR count). The van der Waals surface area contributed by atoms with E-state index in [1.165, 1.54) is 6.42 Å². The third kappa shape index (κ3) is 2.42. The fourth-order valence-corrected chi connectivity index (χ4v) is 6.57. The molecule has 0 N–H and O–H groups in total. The van der Waals surface area contributed by atoms with Crippen LogP contribution >= 0.6 is 15.9 Å². The number of fused-ring (bicyclic) bond motifs is 2. The van der Waals surface area contributed by atoms with Gasteiger partial charge in [-0.2, -0.15) is 0 Å². The lowest BCUT2D eigenvalue weighted by atomic mass is 9.77. The summed E-state index contributed by atoms with van der Waals surface area (Å²) >= 11 is 3.96. The Morgan fingerprint density at radius 3 is 2.36 bits per heavy atom. The number of alkyl halides is 1. The molecule has 2 saturated carbocycles. The third-order valence-electron chi connectivity index (χ3n) is 6.47. The number of ether oxygens (including phenoxy) is 3. The Bertz CT molecular complexity index is 440. The first-order valence-electron chi connectivity index (χ1n) is 8.83. The number of rotatable bonds is 1. The van der Waals surface area contributed by atoms with Crippen LogP contribution in [0.1, 0.15) is 39.0 Å². The van der Waals surface area contributed by atoms with E-state index in [0.29, 0.717) is 34.6 Å². The van der Waals surface area contributed by atoms with Crippen LogP contribution in [0, 0.1) is 23.7 Å². The lowest BCUT2D eigenvalue weighted by Crippen LogP contribution is -2.53. The van der Waals surface area contributed by atoms with E-state index in [0.717, 1.165) is 25.7 Å². The molecule has 9 atom stereocenters. The van der Waals surface area contributed by atoms with Crippen molar-refractivity contribution in [3.63, 3.8) is 0 Å². The van der Waals surface area contributed by atoms with Crippen LogP contribution in [0.5, 0.6) is 0 Å². The number of hydrogen-bond acceptors (Lipinski definition) is 3. The van der Waals surface area contributed by atoms with E-state index >= 15 is 0 Å². The molecule has 2 bridgehead atoms. The Kier molecular flexibility index (Phi) is 4.40. The summed E-state index contributed by atoms with van der Waals surface area (Å²) in [5.41, 5.74) is 0. The van der Waals surface area contributed by atoms with Crippen molar-refractivity contribution in [1.82, 2.24) is 0 Å². The number of methoxy groups -OCH3 is 1. The normalized spacial score (nSPS) is 55.7. The zero-order valence-corrected chi connectivity index (χ0v) is 15.1. The van der Waals surface area contributed by atoms with Crippen LogP contribution in [0.25, 0.3) is 0 Å². The van der Waals surface area contributed by atoms with Crippen LogP contribution in [0.4, 0.5) is 0 Å². The van der Waals surface area contributed by atoms with Crippen LogP contribution in [-0.2, 0) is 14.2 Å². The summed E-state index contributed by atoms with van der Waals surface area (Å²) in [6.45, 7) is 2.37. The Labute approximate surface area is 141 Å². The van der Waals surface area contributed by atoms with Gasteiger partial charge in [0.05, 0.1) is 18.3 Å². The Hall–Kier alpha value is 0.100. The van der Waals surface area contributed by atoms with E-state index < -0.39 is 0 Å². The first-order chi connectivity index (χ1) is 10.7. The maximum Gasteiger partial charge on any atom is 0.161 e. The molecule has 1 saturated heterocycles. The molecular weight excluding hydrogens is 344 g/mol. The lowest BCUT2D eigenvalue weighted by molar-refractivity contribution is -0.260. The Morgan fingerprint density at radius 2 is 1.73 bits per heavy atom. The van der Waals surface area contributed by atoms with E-state index in [1.54, 1.807) is 0 Å². The number of hydrogen-bond donors (Lipinski definition) is 0. The minimum atomic E-state index is -0.0627. The molecule has 3 nitrogen and oxygen atoms in total. The molecule has 3 fully saturated rings. The summed E-state index contributed by atoms with van der Waals surface area (Å²) in [6, 6.07) is 0. The van der Waals surface area contributed by atoms with Gasteiger partial charge in [-0.3, -0.25) is 0 Å². The van der Waals surface area contributed by atoms with Crippen LogP contribution in [0.3, 0.4) is 0 Å². The van der Waals surface area contributed by atoms with Crippen molar-refractivity contribution in [3.8, 4) is 0 Å². The molecule has 1 aliphatic heterocycles. The fourth-order valence-electron chi connectivity index (χ4n) is 5.36. The van der Waals surface area contributed by atoms with Gasteiger partial charge in [-0.25, -0.2) is 0 Å². The average molecular weight is 371 g/mol. The summed E-state index contributed by atoms with van der Waals surface area (Å²) in [7, 11) is 1.81. The molecular formula is C18H27BrO3. The minimum Gasteiger partial charge on any atom is -0.371 e. The quantitative estimate of drug-likeness (QED) is 0.517. The molecule has 22 heavy (non-hydrogen) atoms. The Morgan fingerprint density at radius 1 is 1.05 bits per heavy atom. The second-order valence-electron chi connectivity index (χ2n) is 7.49.